The van der Waals surface area contributed by atoms with E-state index in [0.29, 0.717) is 0 Å². The van der Waals surface area contributed by atoms with E-state index in [2.05, 4.69) is 115 Å². The van der Waals surface area contributed by atoms with Gasteiger partial charge in [0.1, 0.15) is 34.2 Å². The fraction of sp³-hybridized carbons (Fsp3) is 0. The Morgan fingerprint density at radius 1 is 0.405 bits per heavy atom. The Labute approximate surface area is 241 Å². The Kier molecular flexibility index (Phi) is 4.26. The first kappa shape index (κ1) is 22.2. The van der Waals surface area contributed by atoms with Gasteiger partial charge in [-0.05, 0) is 73.9 Å². The molecule has 3 nitrogen and oxygen atoms in total. The van der Waals surface area contributed by atoms with Gasteiger partial charge in [0.25, 0.3) is 6.71 Å². The lowest BCUT2D eigenvalue weighted by Crippen LogP contribution is -2.57. The summed E-state index contributed by atoms with van der Waals surface area (Å²) in [5.74, 6) is 3.37. The van der Waals surface area contributed by atoms with Crippen molar-refractivity contribution < 1.29 is 13.9 Å². The highest BCUT2D eigenvalue weighted by molar-refractivity contribution is 6.99. The predicted molar refractivity (Wildman–Crippen MR) is 172 cm³/mol. The molecule has 194 valence electrons. The molecule has 1 aromatic heterocycles. The van der Waals surface area contributed by atoms with Crippen LogP contribution in [0, 0.1) is 0 Å². The maximum Gasteiger partial charge on any atom is 0.261 e. The molecule has 42 heavy (non-hydrogen) atoms. The van der Waals surface area contributed by atoms with Gasteiger partial charge in [-0.25, -0.2) is 0 Å². The lowest BCUT2D eigenvalue weighted by Gasteiger charge is -2.34. The number of hydrogen-bond donors (Lipinski definition) is 0. The largest absolute Gasteiger partial charge is 0.458 e. The van der Waals surface area contributed by atoms with Crippen molar-refractivity contribution in [3.8, 4) is 34.1 Å². The summed E-state index contributed by atoms with van der Waals surface area (Å²) in [4.78, 5) is 0. The van der Waals surface area contributed by atoms with E-state index in [9.17, 15) is 0 Å². The first-order valence-electron chi connectivity index (χ1n) is 14.3. The number of furan rings is 1. The Hall–Kier alpha value is -5.48. The summed E-state index contributed by atoms with van der Waals surface area (Å²) in [6.45, 7) is -0.0442. The third-order valence-corrected chi connectivity index (χ3v) is 8.95. The summed E-state index contributed by atoms with van der Waals surface area (Å²) < 4.78 is 19.8. The minimum absolute atomic E-state index is 0.0442. The van der Waals surface area contributed by atoms with Gasteiger partial charge < -0.3 is 13.9 Å². The maximum absolute atomic E-state index is 6.77. The lowest BCUT2D eigenvalue weighted by atomic mass is 9.34. The number of rotatable bonds is 1. The minimum atomic E-state index is -0.0442. The zero-order valence-corrected chi connectivity index (χ0v) is 22.4. The molecular weight excluding hydrogens is 515 g/mol. The van der Waals surface area contributed by atoms with E-state index in [4.69, 9.17) is 13.9 Å². The Bertz CT molecular complexity index is 2440. The van der Waals surface area contributed by atoms with Gasteiger partial charge in [-0.2, -0.15) is 0 Å². The van der Waals surface area contributed by atoms with Crippen LogP contribution in [0.15, 0.2) is 132 Å². The van der Waals surface area contributed by atoms with Crippen LogP contribution in [0.4, 0.5) is 0 Å². The number of para-hydroxylation sites is 1. The standard InChI is InChI=1S/C38H21BO3/c1-2-9-24-17-25(14-13-22(24)7-1)26-18-35-38-36(19-26)42-34-21-33-29(28-11-5-6-12-31(28)40-33)20-30(34)39(38)37-27-10-4-3-8-23(27)15-16-32(37)41-35/h1-21H. The SMILES string of the molecule is c1ccc2cc(-c3cc4c5c(c3)Oc3ccc6ccccc6c3B5c3cc5c(cc3O4)oc3ccccc35)ccc2c1. The Morgan fingerprint density at radius 3 is 2.00 bits per heavy atom. The molecule has 0 aliphatic carbocycles. The van der Waals surface area contributed by atoms with Crippen molar-refractivity contribution in [2.45, 2.75) is 0 Å². The van der Waals surface area contributed by atoms with Gasteiger partial charge in [-0.1, -0.05) is 91.0 Å². The predicted octanol–water partition coefficient (Wildman–Crippen LogP) is 8.29. The lowest BCUT2D eigenvalue weighted by molar-refractivity contribution is 0.465. The van der Waals surface area contributed by atoms with Gasteiger partial charge >= 0.3 is 0 Å². The van der Waals surface area contributed by atoms with E-state index in [1.165, 1.54) is 27.0 Å². The topological polar surface area (TPSA) is 31.6 Å². The summed E-state index contributed by atoms with van der Waals surface area (Å²) in [6, 6.07) is 44.8. The molecular formula is C38H21BO3. The molecule has 0 bridgehead atoms. The highest BCUT2D eigenvalue weighted by Crippen LogP contribution is 2.41. The second-order valence-electron chi connectivity index (χ2n) is 11.3. The zero-order chi connectivity index (χ0) is 27.4. The summed E-state index contributed by atoms with van der Waals surface area (Å²) in [7, 11) is 0. The van der Waals surface area contributed by atoms with E-state index >= 15 is 0 Å². The number of ether oxygens (including phenoxy) is 2. The highest BCUT2D eigenvalue weighted by atomic mass is 16.5. The number of fused-ring (bicyclic) bond motifs is 10. The van der Waals surface area contributed by atoms with Crippen LogP contribution in [0.25, 0.3) is 54.6 Å². The molecule has 0 atom stereocenters. The van der Waals surface area contributed by atoms with E-state index in [0.717, 1.165) is 67.0 Å². The molecule has 2 aliphatic rings. The Balaban J connectivity index is 1.27. The van der Waals surface area contributed by atoms with Crippen molar-refractivity contribution in [1.29, 1.82) is 0 Å². The highest BCUT2D eigenvalue weighted by Gasteiger charge is 2.42. The molecule has 0 fully saturated rings. The summed E-state index contributed by atoms with van der Waals surface area (Å²) in [5, 5.41) is 7.02. The van der Waals surface area contributed by atoms with Crippen LogP contribution >= 0.6 is 0 Å². The third-order valence-electron chi connectivity index (χ3n) is 8.95. The molecule has 8 aromatic rings. The quantitative estimate of drug-likeness (QED) is 0.198. The molecule has 0 N–H and O–H groups in total. The van der Waals surface area contributed by atoms with Crippen molar-refractivity contribution >= 4 is 66.6 Å². The van der Waals surface area contributed by atoms with Crippen molar-refractivity contribution in [1.82, 2.24) is 0 Å². The monoisotopic (exact) mass is 536 g/mol. The van der Waals surface area contributed by atoms with E-state index in [-0.39, 0.29) is 6.71 Å². The summed E-state index contributed by atoms with van der Waals surface area (Å²) >= 11 is 0. The maximum atomic E-state index is 6.77. The van der Waals surface area contributed by atoms with E-state index in [1.54, 1.807) is 0 Å². The minimum Gasteiger partial charge on any atom is -0.458 e. The van der Waals surface area contributed by atoms with Crippen LogP contribution in [0.1, 0.15) is 0 Å². The van der Waals surface area contributed by atoms with E-state index < -0.39 is 0 Å². The molecule has 10 rings (SSSR count). The van der Waals surface area contributed by atoms with Crippen LogP contribution in [0.5, 0.6) is 23.0 Å². The van der Waals surface area contributed by atoms with Crippen LogP contribution < -0.4 is 25.9 Å². The van der Waals surface area contributed by atoms with Crippen LogP contribution in [-0.4, -0.2) is 6.71 Å². The fourth-order valence-electron chi connectivity index (χ4n) is 7.03. The normalized spacial score (nSPS) is 13.1. The number of benzene rings is 7. The molecule has 0 amide bonds. The smallest absolute Gasteiger partial charge is 0.261 e. The second-order valence-corrected chi connectivity index (χ2v) is 11.3. The van der Waals surface area contributed by atoms with E-state index in [1.807, 2.05) is 12.1 Å². The molecule has 2 aliphatic heterocycles. The first-order valence-corrected chi connectivity index (χ1v) is 14.3. The van der Waals surface area contributed by atoms with Crippen LogP contribution in [0.3, 0.4) is 0 Å². The summed E-state index contributed by atoms with van der Waals surface area (Å²) in [5.41, 5.74) is 7.27. The third kappa shape index (κ3) is 3.01. The van der Waals surface area contributed by atoms with Crippen molar-refractivity contribution in [3.63, 3.8) is 0 Å². The second kappa shape index (κ2) is 8.05. The van der Waals surface area contributed by atoms with Crippen molar-refractivity contribution in [3.05, 3.63) is 127 Å². The van der Waals surface area contributed by atoms with Crippen LogP contribution in [-0.2, 0) is 0 Å². The van der Waals surface area contributed by atoms with Crippen molar-refractivity contribution in [2.24, 2.45) is 0 Å². The van der Waals surface area contributed by atoms with Gasteiger partial charge in [0.2, 0.25) is 0 Å². The molecule has 0 radical (unpaired) electrons. The molecule has 0 saturated carbocycles. The molecule has 0 spiro atoms. The molecule has 4 heteroatoms. The molecule has 7 aromatic carbocycles. The van der Waals surface area contributed by atoms with Gasteiger partial charge in [-0.3, -0.25) is 0 Å². The average Bonchev–Trinajstić information content (AvgIpc) is 3.40. The number of hydrogen-bond acceptors (Lipinski definition) is 3. The summed E-state index contributed by atoms with van der Waals surface area (Å²) in [6.07, 6.45) is 0. The average molecular weight is 536 g/mol. The Morgan fingerprint density at radius 2 is 1.12 bits per heavy atom. The van der Waals surface area contributed by atoms with Crippen LogP contribution in [0.2, 0.25) is 0 Å². The molecule has 0 unspecified atom stereocenters. The van der Waals surface area contributed by atoms with Gasteiger partial charge in [0, 0.05) is 22.3 Å². The van der Waals surface area contributed by atoms with Gasteiger partial charge in [0.15, 0.2) is 0 Å². The fourth-order valence-corrected chi connectivity index (χ4v) is 7.03. The zero-order valence-electron chi connectivity index (χ0n) is 22.4. The molecule has 0 saturated heterocycles. The first-order chi connectivity index (χ1) is 20.8. The molecule has 3 heterocycles. The van der Waals surface area contributed by atoms with Crippen molar-refractivity contribution in [2.75, 3.05) is 0 Å². The van der Waals surface area contributed by atoms with Gasteiger partial charge in [0.05, 0.1) is 0 Å². The van der Waals surface area contributed by atoms with Gasteiger partial charge in [-0.15, -0.1) is 0 Å².